The summed E-state index contributed by atoms with van der Waals surface area (Å²) in [6.45, 7) is 1.63. The molecule has 1 amide bonds. The fourth-order valence-corrected chi connectivity index (χ4v) is 1.86. The van der Waals surface area contributed by atoms with Gasteiger partial charge in [-0.15, -0.1) is 0 Å². The van der Waals surface area contributed by atoms with Crippen molar-refractivity contribution < 1.29 is 19.8 Å². The number of aliphatic carboxylic acids is 1. The number of nitrogens with two attached hydrogens (primary N) is 1. The van der Waals surface area contributed by atoms with Crippen LogP contribution in [0.2, 0.25) is 0 Å². The highest BCUT2D eigenvalue weighted by atomic mass is 32.2. The molecule has 0 aliphatic carbocycles. The third kappa shape index (κ3) is 7.49. The number of thioether (sulfide) groups is 1. The summed E-state index contributed by atoms with van der Waals surface area (Å²) >= 11 is 1.48. The van der Waals surface area contributed by atoms with Crippen molar-refractivity contribution in [1.82, 2.24) is 5.32 Å². The molecule has 0 spiro atoms. The van der Waals surface area contributed by atoms with Crippen LogP contribution in [0.15, 0.2) is 0 Å². The van der Waals surface area contributed by atoms with Gasteiger partial charge in [-0.25, -0.2) is 0 Å². The first-order chi connectivity index (χ1) is 7.47. The van der Waals surface area contributed by atoms with E-state index in [1.165, 1.54) is 11.8 Å². The van der Waals surface area contributed by atoms with Crippen molar-refractivity contribution in [3.05, 3.63) is 0 Å². The average molecular weight is 250 g/mol. The molecule has 0 heterocycles. The molecule has 0 aliphatic heterocycles. The Morgan fingerprint density at radius 2 is 2.12 bits per heavy atom. The molecular formula is C9H18N2O4S. The lowest BCUT2D eigenvalue weighted by Crippen LogP contribution is -2.44. The molecule has 0 aromatic heterocycles. The first-order valence-electron chi connectivity index (χ1n) is 4.95. The highest BCUT2D eigenvalue weighted by molar-refractivity contribution is 7.99. The van der Waals surface area contributed by atoms with E-state index in [9.17, 15) is 9.59 Å². The van der Waals surface area contributed by atoms with E-state index < -0.39 is 24.5 Å². The van der Waals surface area contributed by atoms with Crippen LogP contribution in [0, 0.1) is 0 Å². The van der Waals surface area contributed by atoms with Crippen molar-refractivity contribution in [1.29, 1.82) is 0 Å². The molecular weight excluding hydrogens is 232 g/mol. The van der Waals surface area contributed by atoms with Gasteiger partial charge in [0.25, 0.3) is 0 Å². The van der Waals surface area contributed by atoms with E-state index in [1.54, 1.807) is 0 Å². The summed E-state index contributed by atoms with van der Waals surface area (Å²) in [4.78, 5) is 21.4. The lowest BCUT2D eigenvalue weighted by atomic mass is 10.3. The van der Waals surface area contributed by atoms with Crippen molar-refractivity contribution in [3.63, 3.8) is 0 Å². The summed E-state index contributed by atoms with van der Waals surface area (Å²) in [5, 5.41) is 19.4. The highest BCUT2D eigenvalue weighted by Gasteiger charge is 2.15. The Balaban J connectivity index is 3.74. The molecule has 0 saturated heterocycles. The molecule has 0 rings (SSSR count). The molecule has 0 aliphatic rings. The first-order valence-corrected chi connectivity index (χ1v) is 5.99. The number of carbonyl (C=O) groups is 2. The van der Waals surface area contributed by atoms with Gasteiger partial charge in [-0.3, -0.25) is 9.59 Å². The second-order valence-electron chi connectivity index (χ2n) is 3.37. The molecule has 0 aromatic rings. The van der Waals surface area contributed by atoms with Crippen LogP contribution in [0.1, 0.15) is 13.3 Å². The minimum absolute atomic E-state index is 0.106. The van der Waals surface area contributed by atoms with Crippen LogP contribution >= 0.6 is 11.8 Å². The number of hydrogen-bond acceptors (Lipinski definition) is 5. The van der Waals surface area contributed by atoms with Crippen molar-refractivity contribution >= 4 is 23.6 Å². The van der Waals surface area contributed by atoms with Crippen molar-refractivity contribution in [2.45, 2.75) is 24.6 Å². The van der Waals surface area contributed by atoms with E-state index in [2.05, 4.69) is 5.32 Å². The van der Waals surface area contributed by atoms with Gasteiger partial charge in [-0.1, -0.05) is 6.92 Å². The molecule has 0 saturated carbocycles. The zero-order valence-corrected chi connectivity index (χ0v) is 10.00. The smallest absolute Gasteiger partial charge is 0.322 e. The Labute approximate surface area is 98.6 Å². The molecule has 5 N–H and O–H groups in total. The fraction of sp³-hybridized carbons (Fsp3) is 0.778. The van der Waals surface area contributed by atoms with Crippen LogP contribution in [0.25, 0.3) is 0 Å². The van der Waals surface area contributed by atoms with E-state index in [0.717, 1.165) is 0 Å². The van der Waals surface area contributed by atoms with Crippen LogP contribution in [-0.4, -0.2) is 52.3 Å². The number of nitrogens with one attached hydrogen (secondary N) is 1. The van der Waals surface area contributed by atoms with Crippen molar-refractivity contribution in [2.24, 2.45) is 5.73 Å². The number of hydrogen-bond donors (Lipinski definition) is 4. The van der Waals surface area contributed by atoms with Gasteiger partial charge in [0.05, 0.1) is 6.04 Å². The van der Waals surface area contributed by atoms with Crippen molar-refractivity contribution in [2.75, 3.05) is 18.9 Å². The lowest BCUT2D eigenvalue weighted by molar-refractivity contribution is -0.138. The molecule has 6 nitrogen and oxygen atoms in total. The summed E-state index contributed by atoms with van der Waals surface area (Å²) in [6.07, 6.45) is 0.647. The summed E-state index contributed by atoms with van der Waals surface area (Å²) in [6, 6.07) is -0.717. The maximum Gasteiger partial charge on any atom is 0.322 e. The average Bonchev–Trinajstić information content (AvgIpc) is 2.22. The Bertz CT molecular complexity index is 238. The molecule has 0 bridgehead atoms. The van der Waals surface area contributed by atoms with E-state index in [0.29, 0.717) is 12.2 Å². The summed E-state index contributed by atoms with van der Waals surface area (Å²) < 4.78 is 0. The number of carboxylic acids is 1. The monoisotopic (exact) mass is 250 g/mol. The molecule has 94 valence electrons. The summed E-state index contributed by atoms with van der Waals surface area (Å²) in [5.74, 6) is -1.15. The van der Waals surface area contributed by atoms with E-state index in [1.807, 2.05) is 6.92 Å². The lowest BCUT2D eigenvalue weighted by Gasteiger charge is -2.14. The largest absolute Gasteiger partial charge is 0.480 e. The van der Waals surface area contributed by atoms with Gasteiger partial charge in [0, 0.05) is 17.6 Å². The number of aliphatic hydroxyl groups is 1. The molecule has 0 fully saturated rings. The highest BCUT2D eigenvalue weighted by Crippen LogP contribution is 2.13. The standard InChI is InChI=1S/C9H18N2O4S/c1-6(2-3-12)16-5-7(10)9(15)11-4-8(13)14/h6-7,12H,2-5,10H2,1H3,(H,11,15)(H,13,14)/t6?,7-/m0/s1. The number of rotatable bonds is 8. The minimum atomic E-state index is -1.10. The topological polar surface area (TPSA) is 113 Å². The normalized spacial score (nSPS) is 14.2. The molecule has 7 heteroatoms. The Hall–Kier alpha value is -0.790. The maximum absolute atomic E-state index is 11.3. The van der Waals surface area contributed by atoms with Crippen LogP contribution in [0.3, 0.4) is 0 Å². The van der Waals surface area contributed by atoms with Gasteiger partial charge >= 0.3 is 5.97 Å². The number of carboxylic acid groups (broad SMARTS) is 1. The quantitative estimate of drug-likeness (QED) is 0.440. The number of amides is 1. The van der Waals surface area contributed by atoms with Gasteiger partial charge in [-0.2, -0.15) is 11.8 Å². The van der Waals surface area contributed by atoms with Gasteiger partial charge in [0.2, 0.25) is 5.91 Å². The molecule has 0 aromatic carbocycles. The molecule has 0 radical (unpaired) electrons. The van der Waals surface area contributed by atoms with Gasteiger partial charge in [-0.05, 0) is 6.42 Å². The summed E-state index contributed by atoms with van der Waals surface area (Å²) in [5.41, 5.74) is 5.56. The maximum atomic E-state index is 11.3. The number of aliphatic hydroxyl groups excluding tert-OH is 1. The second-order valence-corrected chi connectivity index (χ2v) is 4.85. The third-order valence-electron chi connectivity index (χ3n) is 1.85. The summed E-state index contributed by atoms with van der Waals surface area (Å²) in [7, 11) is 0. The van der Waals surface area contributed by atoms with E-state index >= 15 is 0 Å². The van der Waals surface area contributed by atoms with Crippen LogP contribution < -0.4 is 11.1 Å². The van der Waals surface area contributed by atoms with Crippen molar-refractivity contribution in [3.8, 4) is 0 Å². The number of carbonyl (C=O) groups excluding carboxylic acids is 1. The van der Waals surface area contributed by atoms with Crippen LogP contribution in [0.4, 0.5) is 0 Å². The van der Waals surface area contributed by atoms with Gasteiger partial charge < -0.3 is 21.3 Å². The zero-order chi connectivity index (χ0) is 12.6. The van der Waals surface area contributed by atoms with Gasteiger partial charge in [0.1, 0.15) is 6.54 Å². The van der Waals surface area contributed by atoms with Crippen LogP contribution in [0.5, 0.6) is 0 Å². The minimum Gasteiger partial charge on any atom is -0.480 e. The molecule has 2 atom stereocenters. The van der Waals surface area contributed by atoms with Gasteiger partial charge in [0.15, 0.2) is 0 Å². The van der Waals surface area contributed by atoms with E-state index in [4.69, 9.17) is 15.9 Å². The SMILES string of the molecule is CC(CCO)SC[C@H](N)C(=O)NCC(=O)O. The van der Waals surface area contributed by atoms with Crippen LogP contribution in [-0.2, 0) is 9.59 Å². The second kappa shape index (κ2) is 8.37. The fourth-order valence-electron chi connectivity index (χ4n) is 0.903. The Morgan fingerprint density at radius 3 is 2.62 bits per heavy atom. The predicted octanol–water partition coefficient (Wildman–Crippen LogP) is -0.981. The molecule has 16 heavy (non-hydrogen) atoms. The predicted molar refractivity (Wildman–Crippen MR) is 62.2 cm³/mol. The molecule has 1 unspecified atom stereocenters. The third-order valence-corrected chi connectivity index (χ3v) is 3.20. The zero-order valence-electron chi connectivity index (χ0n) is 9.18. The van der Waals surface area contributed by atoms with E-state index in [-0.39, 0.29) is 11.9 Å². The first kappa shape index (κ1) is 15.2. The Morgan fingerprint density at radius 1 is 1.50 bits per heavy atom. The Kier molecular flexibility index (Phi) is 7.96.